The number of thioether (sulfide) groups is 1. The molecule has 1 fully saturated rings. The summed E-state index contributed by atoms with van der Waals surface area (Å²) in [6.45, 7) is 2.08. The number of aromatic nitrogens is 1. The summed E-state index contributed by atoms with van der Waals surface area (Å²) in [4.78, 5) is 8.69. The second-order valence-corrected chi connectivity index (χ2v) is 7.59. The van der Waals surface area contributed by atoms with Crippen LogP contribution in [-0.2, 0) is 13.2 Å². The minimum atomic E-state index is 0. The summed E-state index contributed by atoms with van der Waals surface area (Å²) in [5.74, 6) is 2.75. The van der Waals surface area contributed by atoms with Crippen molar-refractivity contribution in [1.82, 2.24) is 15.6 Å². The Morgan fingerprint density at radius 1 is 1.22 bits per heavy atom. The topological polar surface area (TPSA) is 58.5 Å². The van der Waals surface area contributed by atoms with E-state index in [-0.39, 0.29) is 24.0 Å². The smallest absolute Gasteiger partial charge is 0.218 e. The molecule has 1 saturated heterocycles. The van der Waals surface area contributed by atoms with Crippen LogP contribution in [0.4, 0.5) is 0 Å². The number of ether oxygens (including phenoxy) is 1. The first-order valence-electron chi connectivity index (χ1n) is 9.02. The highest BCUT2D eigenvalue weighted by atomic mass is 127. The zero-order chi connectivity index (χ0) is 18.0. The summed E-state index contributed by atoms with van der Waals surface area (Å²) in [6.07, 6.45) is 4.36. The van der Waals surface area contributed by atoms with Gasteiger partial charge in [0.2, 0.25) is 5.88 Å². The molecule has 3 rings (SSSR count). The fourth-order valence-electron chi connectivity index (χ4n) is 2.83. The quantitative estimate of drug-likeness (QED) is 0.345. The molecule has 0 bridgehead atoms. The van der Waals surface area contributed by atoms with E-state index in [4.69, 9.17) is 4.74 Å². The summed E-state index contributed by atoms with van der Waals surface area (Å²) >= 11 is 2.04. The van der Waals surface area contributed by atoms with E-state index in [9.17, 15) is 0 Å². The molecule has 146 valence electrons. The number of benzene rings is 1. The molecule has 0 amide bonds. The Hall–Kier alpha value is -1.48. The molecule has 0 radical (unpaired) electrons. The lowest BCUT2D eigenvalue weighted by atomic mass is 10.2. The van der Waals surface area contributed by atoms with Gasteiger partial charge in [-0.15, -0.1) is 24.0 Å². The fraction of sp³-hybridized carbons (Fsp3) is 0.400. The van der Waals surface area contributed by atoms with Gasteiger partial charge in [-0.2, -0.15) is 11.8 Å². The van der Waals surface area contributed by atoms with Gasteiger partial charge in [0.15, 0.2) is 5.96 Å². The molecule has 1 aromatic carbocycles. The van der Waals surface area contributed by atoms with Crippen molar-refractivity contribution in [2.24, 2.45) is 4.99 Å². The minimum absolute atomic E-state index is 0. The van der Waals surface area contributed by atoms with E-state index in [1.165, 1.54) is 18.6 Å². The number of guanidine groups is 1. The molecule has 27 heavy (non-hydrogen) atoms. The van der Waals surface area contributed by atoms with E-state index in [2.05, 4.69) is 20.6 Å². The second kappa shape index (κ2) is 12.1. The molecule has 1 aliphatic heterocycles. The number of nitrogens with one attached hydrogen (secondary N) is 2. The van der Waals surface area contributed by atoms with Gasteiger partial charge in [0.25, 0.3) is 0 Å². The minimum Gasteiger partial charge on any atom is -0.473 e. The van der Waals surface area contributed by atoms with Crippen molar-refractivity contribution in [3.8, 4) is 5.88 Å². The molecule has 0 spiro atoms. The molecule has 1 aliphatic rings. The standard InChI is InChI=1S/C20H26N4OS.HI/c1-21-20(24-14-18-10-6-12-26-18)23-13-17-9-5-11-22-19(17)25-15-16-7-3-2-4-8-16;/h2-5,7-9,11,18H,6,10,12-15H2,1H3,(H2,21,23,24);1H. The Morgan fingerprint density at radius 2 is 2.07 bits per heavy atom. The van der Waals surface area contributed by atoms with Crippen molar-refractivity contribution in [3.63, 3.8) is 0 Å². The zero-order valence-electron chi connectivity index (χ0n) is 15.6. The average Bonchev–Trinajstić information content (AvgIpc) is 3.21. The van der Waals surface area contributed by atoms with Crippen LogP contribution in [0.1, 0.15) is 24.0 Å². The first kappa shape index (κ1) is 21.8. The molecule has 2 heterocycles. The highest BCUT2D eigenvalue weighted by Crippen LogP contribution is 2.25. The third-order valence-electron chi connectivity index (χ3n) is 4.26. The number of hydrogen-bond donors (Lipinski definition) is 2. The van der Waals surface area contributed by atoms with Crippen LogP contribution in [0.5, 0.6) is 5.88 Å². The molecule has 5 nitrogen and oxygen atoms in total. The third kappa shape index (κ3) is 7.21. The Balaban J connectivity index is 0.00000261. The maximum absolute atomic E-state index is 5.92. The summed E-state index contributed by atoms with van der Waals surface area (Å²) < 4.78 is 5.92. The van der Waals surface area contributed by atoms with E-state index in [1.54, 1.807) is 13.2 Å². The molecule has 1 unspecified atom stereocenters. The average molecular weight is 498 g/mol. The van der Waals surface area contributed by atoms with Crippen molar-refractivity contribution < 1.29 is 4.74 Å². The van der Waals surface area contributed by atoms with Gasteiger partial charge >= 0.3 is 0 Å². The fourth-order valence-corrected chi connectivity index (χ4v) is 4.03. The van der Waals surface area contributed by atoms with Crippen LogP contribution in [0, 0.1) is 0 Å². The number of halogens is 1. The number of aliphatic imine (C=N–C) groups is 1. The Labute approximate surface area is 182 Å². The van der Waals surface area contributed by atoms with Crippen molar-refractivity contribution >= 4 is 41.7 Å². The Morgan fingerprint density at radius 3 is 2.81 bits per heavy atom. The van der Waals surface area contributed by atoms with Crippen molar-refractivity contribution in [3.05, 3.63) is 59.8 Å². The van der Waals surface area contributed by atoms with E-state index >= 15 is 0 Å². The van der Waals surface area contributed by atoms with Gasteiger partial charge in [-0.3, -0.25) is 4.99 Å². The van der Waals surface area contributed by atoms with Crippen LogP contribution in [0.3, 0.4) is 0 Å². The second-order valence-electron chi connectivity index (χ2n) is 6.18. The van der Waals surface area contributed by atoms with Crippen molar-refractivity contribution in [2.75, 3.05) is 19.3 Å². The van der Waals surface area contributed by atoms with Crippen LogP contribution >= 0.6 is 35.7 Å². The van der Waals surface area contributed by atoms with Gasteiger partial charge in [-0.25, -0.2) is 4.98 Å². The largest absolute Gasteiger partial charge is 0.473 e. The van der Waals surface area contributed by atoms with Gasteiger partial charge in [0.05, 0.1) is 0 Å². The molecular weight excluding hydrogens is 471 g/mol. The highest BCUT2D eigenvalue weighted by Gasteiger charge is 2.15. The maximum Gasteiger partial charge on any atom is 0.218 e. The molecule has 0 aliphatic carbocycles. The van der Waals surface area contributed by atoms with E-state index in [0.29, 0.717) is 24.3 Å². The Bertz CT molecular complexity index is 708. The lowest BCUT2D eigenvalue weighted by Crippen LogP contribution is -2.39. The molecule has 1 aromatic heterocycles. The summed E-state index contributed by atoms with van der Waals surface area (Å²) in [7, 11) is 1.80. The first-order chi connectivity index (χ1) is 12.8. The highest BCUT2D eigenvalue weighted by molar-refractivity contribution is 14.0. The monoisotopic (exact) mass is 498 g/mol. The molecule has 2 N–H and O–H groups in total. The Kier molecular flexibility index (Phi) is 9.75. The first-order valence-corrected chi connectivity index (χ1v) is 10.1. The molecular formula is C20H27IN4OS. The predicted molar refractivity (Wildman–Crippen MR) is 124 cm³/mol. The van der Waals surface area contributed by atoms with E-state index in [1.807, 2.05) is 54.2 Å². The van der Waals surface area contributed by atoms with Gasteiger partial charge in [-0.1, -0.05) is 36.4 Å². The summed E-state index contributed by atoms with van der Waals surface area (Å²) in [5.41, 5.74) is 2.14. The van der Waals surface area contributed by atoms with Crippen LogP contribution in [-0.4, -0.2) is 35.5 Å². The van der Waals surface area contributed by atoms with Gasteiger partial charge in [0.1, 0.15) is 6.61 Å². The van der Waals surface area contributed by atoms with Gasteiger partial charge in [0, 0.05) is 37.1 Å². The lowest BCUT2D eigenvalue weighted by molar-refractivity contribution is 0.290. The number of rotatable bonds is 7. The number of nitrogens with zero attached hydrogens (tertiary/aromatic N) is 2. The normalized spacial score (nSPS) is 16.5. The van der Waals surface area contributed by atoms with Crippen LogP contribution in [0.25, 0.3) is 0 Å². The van der Waals surface area contributed by atoms with Crippen LogP contribution in [0.15, 0.2) is 53.7 Å². The SMILES string of the molecule is CN=C(NCc1cccnc1OCc1ccccc1)NCC1CCCS1.I. The van der Waals surface area contributed by atoms with E-state index in [0.717, 1.165) is 23.6 Å². The van der Waals surface area contributed by atoms with Gasteiger partial charge < -0.3 is 15.4 Å². The van der Waals surface area contributed by atoms with Crippen LogP contribution in [0.2, 0.25) is 0 Å². The molecule has 1 atom stereocenters. The lowest BCUT2D eigenvalue weighted by Gasteiger charge is -2.16. The van der Waals surface area contributed by atoms with Gasteiger partial charge in [-0.05, 0) is 30.2 Å². The number of hydrogen-bond acceptors (Lipinski definition) is 4. The van der Waals surface area contributed by atoms with E-state index < -0.39 is 0 Å². The maximum atomic E-state index is 5.92. The molecule has 7 heteroatoms. The zero-order valence-corrected chi connectivity index (χ0v) is 18.7. The van der Waals surface area contributed by atoms with Crippen molar-refractivity contribution in [2.45, 2.75) is 31.2 Å². The summed E-state index contributed by atoms with van der Waals surface area (Å²) in [5, 5.41) is 7.47. The van der Waals surface area contributed by atoms with Crippen molar-refractivity contribution in [1.29, 1.82) is 0 Å². The predicted octanol–water partition coefficient (Wildman–Crippen LogP) is 3.84. The third-order valence-corrected chi connectivity index (χ3v) is 5.66. The summed E-state index contributed by atoms with van der Waals surface area (Å²) in [6, 6.07) is 14.1. The number of pyridine rings is 1. The van der Waals surface area contributed by atoms with Crippen LogP contribution < -0.4 is 15.4 Å². The molecule has 2 aromatic rings. The molecule has 0 saturated carbocycles.